The van der Waals surface area contributed by atoms with Gasteiger partial charge in [0, 0.05) is 21.7 Å². The van der Waals surface area contributed by atoms with E-state index in [2.05, 4.69) is 12.2 Å². The van der Waals surface area contributed by atoms with Gasteiger partial charge in [0.05, 0.1) is 5.56 Å². The SMILES string of the molecule is CC(=O)C1CC2(CC(NC(=O)c3c(C)sc(C)c3Cc3ccc(-c4ccc(F)c(OC=O)c4)cc3)C2)C1. The standard InChI is InChI=1S/C30H30FNO4S/c1-17(34)23-12-30(13-23)14-24(15-30)32-29(35)28-19(3)37-18(2)25(28)10-20-4-6-21(7-5-20)22-8-9-26(31)27(11-22)36-16-33/h4-9,11,16,23-24H,10,12-15H2,1-3H3,(H,32,35). The summed E-state index contributed by atoms with van der Waals surface area (Å²) in [7, 11) is 0. The van der Waals surface area contributed by atoms with Crippen molar-refractivity contribution in [2.24, 2.45) is 11.3 Å². The number of benzene rings is 2. The Morgan fingerprint density at radius 1 is 1.05 bits per heavy atom. The molecule has 1 spiro atoms. The van der Waals surface area contributed by atoms with Crippen LogP contribution in [0, 0.1) is 31.0 Å². The third kappa shape index (κ3) is 4.97. The van der Waals surface area contributed by atoms with E-state index in [0.717, 1.165) is 63.3 Å². The average Bonchev–Trinajstić information content (AvgIpc) is 3.09. The minimum absolute atomic E-state index is 0.00946. The van der Waals surface area contributed by atoms with Crippen LogP contribution in [0.5, 0.6) is 5.75 Å². The molecule has 0 atom stereocenters. The summed E-state index contributed by atoms with van der Waals surface area (Å²) >= 11 is 1.65. The van der Waals surface area contributed by atoms with E-state index in [1.165, 1.54) is 12.1 Å². The van der Waals surface area contributed by atoms with Crippen LogP contribution in [0.2, 0.25) is 0 Å². The molecule has 5 rings (SSSR count). The van der Waals surface area contributed by atoms with E-state index in [1.54, 1.807) is 24.3 Å². The van der Waals surface area contributed by atoms with Crippen molar-refractivity contribution in [3.05, 3.63) is 74.7 Å². The van der Waals surface area contributed by atoms with Crippen molar-refractivity contribution in [1.82, 2.24) is 5.32 Å². The second-order valence-corrected chi connectivity index (χ2v) is 12.0. The van der Waals surface area contributed by atoms with Crippen LogP contribution in [0.3, 0.4) is 0 Å². The number of carbonyl (C=O) groups excluding carboxylic acids is 3. The Hall–Kier alpha value is -3.32. The Bertz CT molecular complexity index is 1360. The number of carbonyl (C=O) groups is 3. The molecule has 2 aromatic carbocycles. The summed E-state index contributed by atoms with van der Waals surface area (Å²) in [4.78, 5) is 37.7. The molecule has 1 aromatic heterocycles. The molecule has 5 nitrogen and oxygen atoms in total. The number of amides is 1. The number of hydrogen-bond donors (Lipinski definition) is 1. The maximum Gasteiger partial charge on any atom is 0.298 e. The molecule has 2 aliphatic rings. The highest BCUT2D eigenvalue weighted by atomic mass is 32.1. The molecule has 2 aliphatic carbocycles. The first-order valence-electron chi connectivity index (χ1n) is 12.6. The fraction of sp³-hybridized carbons (Fsp3) is 0.367. The van der Waals surface area contributed by atoms with Crippen LogP contribution in [0.4, 0.5) is 4.39 Å². The van der Waals surface area contributed by atoms with Crippen molar-refractivity contribution in [2.45, 2.75) is 58.9 Å². The molecule has 3 aromatic rings. The smallest absolute Gasteiger partial charge is 0.298 e. The lowest BCUT2D eigenvalue weighted by atomic mass is 9.49. The van der Waals surface area contributed by atoms with Crippen LogP contribution in [0.25, 0.3) is 11.1 Å². The molecule has 1 amide bonds. The second kappa shape index (κ2) is 9.86. The summed E-state index contributed by atoms with van der Waals surface area (Å²) in [6.45, 7) is 5.94. The fourth-order valence-corrected chi connectivity index (χ4v) is 7.11. The first-order valence-corrected chi connectivity index (χ1v) is 13.4. The zero-order valence-electron chi connectivity index (χ0n) is 21.2. The molecule has 2 fully saturated rings. The van der Waals surface area contributed by atoms with Crippen LogP contribution in [0.15, 0.2) is 42.5 Å². The quantitative estimate of drug-likeness (QED) is 0.361. The fourth-order valence-electron chi connectivity index (χ4n) is 6.04. The third-order valence-corrected chi connectivity index (χ3v) is 9.08. The Labute approximate surface area is 220 Å². The molecule has 0 unspecified atom stereocenters. The van der Waals surface area contributed by atoms with Crippen molar-refractivity contribution in [3.8, 4) is 16.9 Å². The largest absolute Gasteiger partial charge is 0.426 e. The molecule has 7 heteroatoms. The van der Waals surface area contributed by atoms with Crippen LogP contribution in [-0.4, -0.2) is 24.2 Å². The average molecular weight is 520 g/mol. The van der Waals surface area contributed by atoms with Crippen molar-refractivity contribution in [1.29, 1.82) is 0 Å². The van der Waals surface area contributed by atoms with E-state index in [1.807, 2.05) is 31.2 Å². The lowest BCUT2D eigenvalue weighted by Crippen LogP contribution is -2.57. The van der Waals surface area contributed by atoms with Gasteiger partial charge >= 0.3 is 0 Å². The third-order valence-electron chi connectivity index (χ3n) is 8.01. The normalized spacial score (nSPS) is 22.2. The molecular weight excluding hydrogens is 489 g/mol. The van der Waals surface area contributed by atoms with Gasteiger partial charge in [0.25, 0.3) is 12.4 Å². The Morgan fingerprint density at radius 2 is 1.73 bits per heavy atom. The summed E-state index contributed by atoms with van der Waals surface area (Å²) < 4.78 is 18.5. The zero-order chi connectivity index (χ0) is 26.3. The zero-order valence-corrected chi connectivity index (χ0v) is 22.0. The van der Waals surface area contributed by atoms with Gasteiger partial charge in [-0.3, -0.25) is 14.4 Å². The number of hydrogen-bond acceptors (Lipinski definition) is 5. The van der Waals surface area contributed by atoms with Gasteiger partial charge in [-0.1, -0.05) is 30.3 Å². The van der Waals surface area contributed by atoms with Gasteiger partial charge in [-0.25, -0.2) is 4.39 Å². The highest BCUT2D eigenvalue weighted by molar-refractivity contribution is 7.12. The van der Waals surface area contributed by atoms with Gasteiger partial charge in [0.15, 0.2) is 11.6 Å². The predicted molar refractivity (Wildman–Crippen MR) is 141 cm³/mol. The maximum absolute atomic E-state index is 13.8. The van der Waals surface area contributed by atoms with E-state index in [9.17, 15) is 18.8 Å². The second-order valence-electron chi connectivity index (χ2n) is 10.6. The van der Waals surface area contributed by atoms with Crippen LogP contribution < -0.4 is 10.1 Å². The van der Waals surface area contributed by atoms with Crippen LogP contribution in [0.1, 0.15) is 63.8 Å². The molecular formula is C30H30FNO4S. The summed E-state index contributed by atoms with van der Waals surface area (Å²) in [5, 5.41) is 3.25. The molecule has 0 saturated heterocycles. The molecule has 1 N–H and O–H groups in total. The van der Waals surface area contributed by atoms with E-state index < -0.39 is 5.82 Å². The number of aryl methyl sites for hydroxylation is 2. The molecule has 192 valence electrons. The number of halogens is 1. The molecule has 0 bridgehead atoms. The monoisotopic (exact) mass is 519 g/mol. The Kier molecular flexibility index (Phi) is 6.75. The lowest BCUT2D eigenvalue weighted by Gasteiger charge is -2.57. The van der Waals surface area contributed by atoms with Gasteiger partial charge in [0.1, 0.15) is 5.78 Å². The number of rotatable bonds is 8. The summed E-state index contributed by atoms with van der Waals surface area (Å²) in [6.07, 6.45) is 4.50. The Morgan fingerprint density at radius 3 is 2.38 bits per heavy atom. The van der Waals surface area contributed by atoms with Gasteiger partial charge in [-0.2, -0.15) is 0 Å². The molecule has 0 aliphatic heterocycles. The first kappa shape index (κ1) is 25.3. The molecule has 37 heavy (non-hydrogen) atoms. The van der Waals surface area contributed by atoms with Crippen LogP contribution >= 0.6 is 11.3 Å². The van der Waals surface area contributed by atoms with E-state index >= 15 is 0 Å². The van der Waals surface area contributed by atoms with Crippen molar-refractivity contribution in [3.63, 3.8) is 0 Å². The van der Waals surface area contributed by atoms with E-state index in [0.29, 0.717) is 6.42 Å². The number of ether oxygens (including phenoxy) is 1. The van der Waals surface area contributed by atoms with Gasteiger partial charge < -0.3 is 10.1 Å². The van der Waals surface area contributed by atoms with Crippen molar-refractivity contribution < 1.29 is 23.5 Å². The lowest BCUT2D eigenvalue weighted by molar-refractivity contribution is -0.134. The number of nitrogens with one attached hydrogen (secondary N) is 1. The van der Waals surface area contributed by atoms with E-state index in [4.69, 9.17) is 4.74 Å². The predicted octanol–water partition coefficient (Wildman–Crippen LogP) is 6.17. The summed E-state index contributed by atoms with van der Waals surface area (Å²) in [5.41, 5.74) is 4.77. The van der Waals surface area contributed by atoms with Crippen LogP contribution in [-0.2, 0) is 16.0 Å². The van der Waals surface area contributed by atoms with Gasteiger partial charge in [-0.15, -0.1) is 11.3 Å². The highest BCUT2D eigenvalue weighted by Gasteiger charge is 2.54. The van der Waals surface area contributed by atoms with E-state index in [-0.39, 0.29) is 41.3 Å². The summed E-state index contributed by atoms with van der Waals surface area (Å²) in [5.74, 6) is -0.206. The first-order chi connectivity index (χ1) is 17.7. The van der Waals surface area contributed by atoms with Crippen molar-refractivity contribution >= 4 is 29.5 Å². The van der Waals surface area contributed by atoms with Gasteiger partial charge in [0.2, 0.25) is 0 Å². The highest BCUT2D eigenvalue weighted by Crippen LogP contribution is 2.58. The van der Waals surface area contributed by atoms with Crippen molar-refractivity contribution in [2.75, 3.05) is 0 Å². The van der Waals surface area contributed by atoms with Gasteiger partial charge in [-0.05, 0) is 92.7 Å². The number of ketones is 1. The topological polar surface area (TPSA) is 72.5 Å². The molecule has 2 saturated carbocycles. The number of thiophene rings is 1. The number of Topliss-reactive ketones (excluding diaryl/α,β-unsaturated/α-hetero) is 1. The minimum atomic E-state index is -0.591. The molecule has 1 heterocycles. The molecule has 0 radical (unpaired) electrons. The minimum Gasteiger partial charge on any atom is -0.426 e. The Balaban J connectivity index is 1.26. The maximum atomic E-state index is 13.8. The summed E-state index contributed by atoms with van der Waals surface area (Å²) in [6, 6.07) is 12.5.